The number of aryl methyl sites for hydroxylation is 2. The number of nitrogens with one attached hydrogen (secondary N) is 1. The number of rotatable bonds is 5. The lowest BCUT2D eigenvalue weighted by Gasteiger charge is -2.26. The molecule has 0 aromatic carbocycles. The van der Waals surface area contributed by atoms with Crippen molar-refractivity contribution in [1.29, 1.82) is 0 Å². The van der Waals surface area contributed by atoms with Crippen molar-refractivity contribution < 1.29 is 4.42 Å². The number of hydrogen-bond acceptors (Lipinski definition) is 5. The van der Waals surface area contributed by atoms with Gasteiger partial charge in [0.1, 0.15) is 10.8 Å². The maximum absolute atomic E-state index is 5.58. The van der Waals surface area contributed by atoms with E-state index in [0.29, 0.717) is 6.54 Å². The minimum absolute atomic E-state index is 0.121. The molecule has 1 unspecified atom stereocenters. The molecule has 0 saturated carbocycles. The summed E-state index contributed by atoms with van der Waals surface area (Å²) in [5, 5.41) is 6.60. The summed E-state index contributed by atoms with van der Waals surface area (Å²) in [4.78, 5) is 8.78. The SMILES string of the molecule is CCC(C)(NCc1nc(C)c(C)o1)c1nccs1. The molecule has 18 heavy (non-hydrogen) atoms. The summed E-state index contributed by atoms with van der Waals surface area (Å²) < 4.78 is 5.58. The molecule has 98 valence electrons. The number of thiazole rings is 1. The fourth-order valence-electron chi connectivity index (χ4n) is 1.73. The molecule has 2 heterocycles. The zero-order chi connectivity index (χ0) is 13.2. The van der Waals surface area contributed by atoms with E-state index >= 15 is 0 Å². The van der Waals surface area contributed by atoms with E-state index in [1.807, 2.05) is 25.4 Å². The average Bonchev–Trinajstić information content (AvgIpc) is 2.98. The van der Waals surface area contributed by atoms with Crippen LogP contribution in [0.5, 0.6) is 0 Å². The van der Waals surface area contributed by atoms with Gasteiger partial charge in [-0.1, -0.05) is 6.92 Å². The van der Waals surface area contributed by atoms with Crippen LogP contribution in [0.2, 0.25) is 0 Å². The Bertz CT molecular complexity index is 487. The molecule has 2 aromatic rings. The molecule has 5 heteroatoms. The van der Waals surface area contributed by atoms with Crippen molar-refractivity contribution in [3.05, 3.63) is 33.9 Å². The summed E-state index contributed by atoms with van der Waals surface area (Å²) in [5.74, 6) is 1.63. The largest absolute Gasteiger partial charge is 0.444 e. The van der Waals surface area contributed by atoms with E-state index in [1.54, 1.807) is 11.3 Å². The fourth-order valence-corrected chi connectivity index (χ4v) is 2.58. The maximum atomic E-state index is 5.58. The van der Waals surface area contributed by atoms with Crippen LogP contribution in [0.3, 0.4) is 0 Å². The van der Waals surface area contributed by atoms with Gasteiger partial charge in [0.05, 0.1) is 17.8 Å². The highest BCUT2D eigenvalue weighted by Gasteiger charge is 2.27. The van der Waals surface area contributed by atoms with Gasteiger partial charge < -0.3 is 4.42 Å². The van der Waals surface area contributed by atoms with Crippen LogP contribution < -0.4 is 5.32 Å². The van der Waals surface area contributed by atoms with E-state index < -0.39 is 0 Å². The molecule has 4 nitrogen and oxygen atoms in total. The highest BCUT2D eigenvalue weighted by Crippen LogP contribution is 2.26. The molecule has 2 rings (SSSR count). The molecule has 0 aliphatic rings. The number of aromatic nitrogens is 2. The first-order chi connectivity index (χ1) is 8.55. The third kappa shape index (κ3) is 2.62. The number of oxazole rings is 1. The summed E-state index contributed by atoms with van der Waals surface area (Å²) >= 11 is 1.67. The minimum atomic E-state index is -0.121. The van der Waals surface area contributed by atoms with Crippen LogP contribution in [0.1, 0.15) is 42.6 Å². The van der Waals surface area contributed by atoms with E-state index in [-0.39, 0.29) is 5.54 Å². The third-order valence-corrected chi connectivity index (χ3v) is 4.35. The van der Waals surface area contributed by atoms with Crippen molar-refractivity contribution in [3.63, 3.8) is 0 Å². The summed E-state index contributed by atoms with van der Waals surface area (Å²) in [6.07, 6.45) is 2.81. The van der Waals surface area contributed by atoms with E-state index in [0.717, 1.165) is 28.8 Å². The third-order valence-electron chi connectivity index (χ3n) is 3.31. The van der Waals surface area contributed by atoms with Gasteiger partial charge in [0, 0.05) is 11.6 Å². The van der Waals surface area contributed by atoms with Crippen LogP contribution in [0.25, 0.3) is 0 Å². The Morgan fingerprint density at radius 1 is 1.44 bits per heavy atom. The van der Waals surface area contributed by atoms with Crippen molar-refractivity contribution in [2.45, 2.75) is 46.2 Å². The second-order valence-electron chi connectivity index (χ2n) is 4.63. The normalized spacial score (nSPS) is 14.7. The Kier molecular flexibility index (Phi) is 3.82. The van der Waals surface area contributed by atoms with Gasteiger partial charge in [-0.3, -0.25) is 5.32 Å². The smallest absolute Gasteiger partial charge is 0.208 e. The Morgan fingerprint density at radius 2 is 2.22 bits per heavy atom. The molecule has 1 atom stereocenters. The molecule has 0 aliphatic carbocycles. The zero-order valence-electron chi connectivity index (χ0n) is 11.3. The van der Waals surface area contributed by atoms with E-state index in [9.17, 15) is 0 Å². The molecule has 0 bridgehead atoms. The molecule has 2 aromatic heterocycles. The molecule has 0 spiro atoms. The van der Waals surface area contributed by atoms with E-state index in [4.69, 9.17) is 4.42 Å². The predicted molar refractivity (Wildman–Crippen MR) is 72.6 cm³/mol. The lowest BCUT2D eigenvalue weighted by Crippen LogP contribution is -2.38. The van der Waals surface area contributed by atoms with Crippen molar-refractivity contribution in [3.8, 4) is 0 Å². The lowest BCUT2D eigenvalue weighted by atomic mass is 10.00. The quantitative estimate of drug-likeness (QED) is 0.902. The number of hydrogen-bond donors (Lipinski definition) is 1. The van der Waals surface area contributed by atoms with E-state index in [2.05, 4.69) is 29.1 Å². The predicted octanol–water partition coefficient (Wildman–Crippen LogP) is 3.16. The molecule has 0 aliphatic heterocycles. The zero-order valence-corrected chi connectivity index (χ0v) is 12.1. The first kappa shape index (κ1) is 13.2. The molecular formula is C13H19N3OS. The van der Waals surface area contributed by atoms with E-state index in [1.165, 1.54) is 0 Å². The van der Waals surface area contributed by atoms with Gasteiger partial charge in [-0.2, -0.15) is 0 Å². The fraction of sp³-hybridized carbons (Fsp3) is 0.538. The summed E-state index contributed by atoms with van der Waals surface area (Å²) in [6, 6.07) is 0. The Hall–Kier alpha value is -1.20. The Morgan fingerprint density at radius 3 is 2.72 bits per heavy atom. The number of nitrogens with zero attached hydrogens (tertiary/aromatic N) is 2. The molecule has 0 saturated heterocycles. The van der Waals surface area contributed by atoms with Gasteiger partial charge in [0.15, 0.2) is 0 Å². The van der Waals surface area contributed by atoms with Crippen LogP contribution in [-0.4, -0.2) is 9.97 Å². The highest BCUT2D eigenvalue weighted by atomic mass is 32.1. The standard InChI is InChI=1S/C13H19N3OS/c1-5-13(4,12-14-6-7-18-12)15-8-11-16-9(2)10(3)17-11/h6-7,15H,5,8H2,1-4H3. The monoisotopic (exact) mass is 265 g/mol. The van der Waals surface area contributed by atoms with Gasteiger partial charge in [-0.05, 0) is 27.2 Å². The van der Waals surface area contributed by atoms with Crippen LogP contribution in [0.15, 0.2) is 16.0 Å². The van der Waals surface area contributed by atoms with Crippen LogP contribution in [0.4, 0.5) is 0 Å². The average molecular weight is 265 g/mol. The van der Waals surface area contributed by atoms with Gasteiger partial charge in [-0.25, -0.2) is 9.97 Å². The van der Waals surface area contributed by atoms with Crippen LogP contribution in [0, 0.1) is 13.8 Å². The van der Waals surface area contributed by atoms with Gasteiger partial charge in [-0.15, -0.1) is 11.3 Å². The highest BCUT2D eigenvalue weighted by molar-refractivity contribution is 7.09. The summed E-state index contributed by atoms with van der Waals surface area (Å²) in [5.41, 5.74) is 0.837. The summed E-state index contributed by atoms with van der Waals surface area (Å²) in [6.45, 7) is 8.83. The lowest BCUT2D eigenvalue weighted by molar-refractivity contribution is 0.324. The topological polar surface area (TPSA) is 51.0 Å². The Balaban J connectivity index is 2.08. The molecule has 0 fully saturated rings. The van der Waals surface area contributed by atoms with Crippen LogP contribution >= 0.6 is 11.3 Å². The van der Waals surface area contributed by atoms with Crippen molar-refractivity contribution in [1.82, 2.24) is 15.3 Å². The second-order valence-corrected chi connectivity index (χ2v) is 5.52. The minimum Gasteiger partial charge on any atom is -0.444 e. The van der Waals surface area contributed by atoms with Gasteiger partial charge >= 0.3 is 0 Å². The Labute approximate surface area is 111 Å². The molecule has 0 radical (unpaired) electrons. The van der Waals surface area contributed by atoms with Crippen LogP contribution in [-0.2, 0) is 12.1 Å². The van der Waals surface area contributed by atoms with Crippen molar-refractivity contribution in [2.75, 3.05) is 0 Å². The first-order valence-electron chi connectivity index (χ1n) is 6.13. The van der Waals surface area contributed by atoms with Gasteiger partial charge in [0.2, 0.25) is 5.89 Å². The van der Waals surface area contributed by atoms with Crippen molar-refractivity contribution in [2.24, 2.45) is 0 Å². The van der Waals surface area contributed by atoms with Crippen molar-refractivity contribution >= 4 is 11.3 Å². The first-order valence-corrected chi connectivity index (χ1v) is 7.01. The molecular weight excluding hydrogens is 246 g/mol. The molecule has 1 N–H and O–H groups in total. The van der Waals surface area contributed by atoms with Gasteiger partial charge in [0.25, 0.3) is 0 Å². The second kappa shape index (κ2) is 5.20. The maximum Gasteiger partial charge on any atom is 0.208 e. The molecule has 0 amide bonds. The summed E-state index contributed by atoms with van der Waals surface area (Å²) in [7, 11) is 0.